The summed E-state index contributed by atoms with van der Waals surface area (Å²) in [7, 11) is 0. The molecule has 13 heavy (non-hydrogen) atoms. The molecular weight excluding hydrogens is 175 g/mol. The lowest BCUT2D eigenvalue weighted by Crippen LogP contribution is -2.32. The molecule has 0 radical (unpaired) electrons. The van der Waals surface area contributed by atoms with Crippen LogP contribution in [0.2, 0.25) is 0 Å². The van der Waals surface area contributed by atoms with Gasteiger partial charge in [0, 0.05) is 6.20 Å². The molecule has 0 bridgehead atoms. The number of halogens is 1. The van der Waals surface area contributed by atoms with Crippen molar-refractivity contribution in [1.29, 1.82) is 0 Å². The van der Waals surface area contributed by atoms with Gasteiger partial charge in [-0.15, -0.1) is 0 Å². The third-order valence-corrected chi connectivity index (χ3v) is 1.56. The molecule has 1 aromatic rings. The normalized spacial score (nSPS) is 12.5. The van der Waals surface area contributed by atoms with Gasteiger partial charge >= 0.3 is 5.97 Å². The van der Waals surface area contributed by atoms with Gasteiger partial charge in [-0.3, -0.25) is 4.79 Å². The first kappa shape index (κ1) is 9.60. The van der Waals surface area contributed by atoms with Gasteiger partial charge in [-0.05, 0) is 18.1 Å². The summed E-state index contributed by atoms with van der Waals surface area (Å²) in [5.41, 5.74) is 5.87. The Morgan fingerprint density at radius 1 is 1.69 bits per heavy atom. The van der Waals surface area contributed by atoms with Crippen LogP contribution in [0.4, 0.5) is 4.39 Å². The summed E-state index contributed by atoms with van der Waals surface area (Å²) < 4.78 is 12.3. The predicted octanol–water partition coefficient (Wildman–Crippen LogP) is 0.175. The number of pyridine rings is 1. The number of aliphatic carboxylic acids is 1. The van der Waals surface area contributed by atoms with E-state index in [1.165, 1.54) is 18.3 Å². The fraction of sp³-hybridized carbons (Fsp3) is 0.250. The molecule has 0 saturated carbocycles. The number of nitrogens with two attached hydrogens (primary N) is 1. The standard InChI is InChI=1S/C8H9FN2O2/c9-7-2-1-5(4-11-7)3-6(10)8(12)13/h1-2,4,6H,3,10H2,(H,12,13)/t6-/m1/s1. The summed E-state index contributed by atoms with van der Waals surface area (Å²) >= 11 is 0. The third kappa shape index (κ3) is 2.79. The molecule has 0 fully saturated rings. The summed E-state index contributed by atoms with van der Waals surface area (Å²) in [6.45, 7) is 0. The van der Waals surface area contributed by atoms with E-state index in [-0.39, 0.29) is 6.42 Å². The van der Waals surface area contributed by atoms with Crippen LogP contribution < -0.4 is 5.73 Å². The smallest absolute Gasteiger partial charge is 0.320 e. The summed E-state index contributed by atoms with van der Waals surface area (Å²) in [4.78, 5) is 13.7. The summed E-state index contributed by atoms with van der Waals surface area (Å²) in [5.74, 6) is -1.67. The van der Waals surface area contributed by atoms with Crippen molar-refractivity contribution in [1.82, 2.24) is 4.98 Å². The molecule has 70 valence electrons. The Bertz CT molecular complexity index is 300. The van der Waals surface area contributed by atoms with E-state index in [1.807, 2.05) is 0 Å². The Kier molecular flexibility index (Phi) is 2.92. The zero-order chi connectivity index (χ0) is 9.84. The van der Waals surface area contributed by atoms with E-state index in [1.54, 1.807) is 0 Å². The lowest BCUT2D eigenvalue weighted by atomic mass is 10.1. The van der Waals surface area contributed by atoms with Gasteiger partial charge in [0.15, 0.2) is 0 Å². The molecular formula is C8H9FN2O2. The molecule has 0 aliphatic carbocycles. The average molecular weight is 184 g/mol. The Morgan fingerprint density at radius 3 is 2.85 bits per heavy atom. The van der Waals surface area contributed by atoms with E-state index >= 15 is 0 Å². The zero-order valence-corrected chi connectivity index (χ0v) is 6.77. The number of carbonyl (C=O) groups is 1. The molecule has 0 unspecified atom stereocenters. The Balaban J connectivity index is 2.64. The first-order chi connectivity index (χ1) is 6.09. The van der Waals surface area contributed by atoms with E-state index in [0.29, 0.717) is 5.56 Å². The van der Waals surface area contributed by atoms with Crippen LogP contribution in [-0.4, -0.2) is 22.1 Å². The maximum Gasteiger partial charge on any atom is 0.320 e. The highest BCUT2D eigenvalue weighted by atomic mass is 19.1. The topological polar surface area (TPSA) is 76.2 Å². The molecule has 1 heterocycles. The molecule has 1 aromatic heterocycles. The van der Waals surface area contributed by atoms with Gasteiger partial charge in [-0.2, -0.15) is 4.39 Å². The van der Waals surface area contributed by atoms with Crippen molar-refractivity contribution in [2.24, 2.45) is 5.73 Å². The van der Waals surface area contributed by atoms with Crippen LogP contribution >= 0.6 is 0 Å². The first-order valence-electron chi connectivity index (χ1n) is 3.68. The molecule has 0 saturated heterocycles. The molecule has 0 aliphatic heterocycles. The molecule has 4 nitrogen and oxygen atoms in total. The van der Waals surface area contributed by atoms with Crippen molar-refractivity contribution in [3.63, 3.8) is 0 Å². The lowest BCUT2D eigenvalue weighted by Gasteiger charge is -2.04. The molecule has 0 amide bonds. The van der Waals surface area contributed by atoms with Crippen LogP contribution in [0, 0.1) is 5.95 Å². The number of carboxylic acid groups (broad SMARTS) is 1. The van der Waals surface area contributed by atoms with Crippen molar-refractivity contribution in [2.75, 3.05) is 0 Å². The second-order valence-electron chi connectivity index (χ2n) is 2.64. The number of hydrogen-bond acceptors (Lipinski definition) is 3. The maximum absolute atomic E-state index is 12.3. The highest BCUT2D eigenvalue weighted by molar-refractivity contribution is 5.73. The van der Waals surface area contributed by atoms with Crippen molar-refractivity contribution < 1.29 is 14.3 Å². The molecule has 0 aromatic carbocycles. The van der Waals surface area contributed by atoms with Crippen molar-refractivity contribution in [2.45, 2.75) is 12.5 Å². The second kappa shape index (κ2) is 3.95. The lowest BCUT2D eigenvalue weighted by molar-refractivity contribution is -0.138. The van der Waals surface area contributed by atoms with Gasteiger partial charge in [0.1, 0.15) is 6.04 Å². The molecule has 1 atom stereocenters. The van der Waals surface area contributed by atoms with Crippen LogP contribution in [0.5, 0.6) is 0 Å². The Morgan fingerprint density at radius 2 is 2.38 bits per heavy atom. The van der Waals surface area contributed by atoms with Crippen LogP contribution in [0.3, 0.4) is 0 Å². The molecule has 0 aliphatic rings. The monoisotopic (exact) mass is 184 g/mol. The van der Waals surface area contributed by atoms with E-state index < -0.39 is 18.0 Å². The SMILES string of the molecule is N[C@H](Cc1ccc(F)nc1)C(=O)O. The molecule has 0 spiro atoms. The number of rotatable bonds is 3. The minimum atomic E-state index is -1.08. The fourth-order valence-corrected chi connectivity index (χ4v) is 0.868. The van der Waals surface area contributed by atoms with Gasteiger partial charge in [-0.1, -0.05) is 6.07 Å². The van der Waals surface area contributed by atoms with Crippen LogP contribution in [-0.2, 0) is 11.2 Å². The van der Waals surface area contributed by atoms with Crippen molar-refractivity contribution >= 4 is 5.97 Å². The van der Waals surface area contributed by atoms with Crippen LogP contribution in [0.1, 0.15) is 5.56 Å². The Hall–Kier alpha value is -1.49. The van der Waals surface area contributed by atoms with Crippen molar-refractivity contribution in [3.05, 3.63) is 29.8 Å². The fourth-order valence-electron chi connectivity index (χ4n) is 0.868. The van der Waals surface area contributed by atoms with E-state index in [0.717, 1.165) is 0 Å². The Labute approximate surface area is 74.2 Å². The third-order valence-electron chi connectivity index (χ3n) is 1.56. The van der Waals surface area contributed by atoms with Crippen LogP contribution in [0.15, 0.2) is 18.3 Å². The number of nitrogens with zero attached hydrogens (tertiary/aromatic N) is 1. The maximum atomic E-state index is 12.3. The molecule has 3 N–H and O–H groups in total. The van der Waals surface area contributed by atoms with E-state index in [4.69, 9.17) is 10.8 Å². The second-order valence-corrected chi connectivity index (χ2v) is 2.64. The van der Waals surface area contributed by atoms with Crippen molar-refractivity contribution in [3.8, 4) is 0 Å². The van der Waals surface area contributed by atoms with Gasteiger partial charge in [0.05, 0.1) is 0 Å². The summed E-state index contributed by atoms with van der Waals surface area (Å²) in [5, 5.41) is 8.48. The van der Waals surface area contributed by atoms with E-state index in [2.05, 4.69) is 4.98 Å². The highest BCUT2D eigenvalue weighted by Gasteiger charge is 2.11. The average Bonchev–Trinajstić information content (AvgIpc) is 2.08. The van der Waals surface area contributed by atoms with Gasteiger partial charge in [0.2, 0.25) is 5.95 Å². The molecule has 1 rings (SSSR count). The van der Waals surface area contributed by atoms with Gasteiger partial charge < -0.3 is 10.8 Å². The highest BCUT2D eigenvalue weighted by Crippen LogP contribution is 2.01. The van der Waals surface area contributed by atoms with Gasteiger partial charge in [-0.25, -0.2) is 4.98 Å². The predicted molar refractivity (Wildman–Crippen MR) is 43.5 cm³/mol. The van der Waals surface area contributed by atoms with Gasteiger partial charge in [0.25, 0.3) is 0 Å². The largest absolute Gasteiger partial charge is 0.480 e. The minimum absolute atomic E-state index is 0.155. The first-order valence-corrected chi connectivity index (χ1v) is 3.68. The quantitative estimate of drug-likeness (QED) is 0.657. The zero-order valence-electron chi connectivity index (χ0n) is 6.77. The summed E-state index contributed by atoms with van der Waals surface area (Å²) in [6, 6.07) is 1.67. The summed E-state index contributed by atoms with van der Waals surface area (Å²) in [6.07, 6.45) is 1.43. The number of aromatic nitrogens is 1. The number of hydrogen-bond donors (Lipinski definition) is 2. The molecule has 5 heteroatoms. The number of carboxylic acids is 1. The van der Waals surface area contributed by atoms with Crippen LogP contribution in [0.25, 0.3) is 0 Å². The minimum Gasteiger partial charge on any atom is -0.480 e. The van der Waals surface area contributed by atoms with E-state index in [9.17, 15) is 9.18 Å².